The Kier molecular flexibility index (Phi) is 4.20. The van der Waals surface area contributed by atoms with Crippen molar-refractivity contribution < 1.29 is 10.2 Å². The van der Waals surface area contributed by atoms with Gasteiger partial charge in [-0.2, -0.15) is 0 Å². The third kappa shape index (κ3) is 3.91. The zero-order chi connectivity index (χ0) is 15.9. The molecule has 0 fully saturated rings. The van der Waals surface area contributed by atoms with Gasteiger partial charge in [-0.3, -0.25) is 0 Å². The summed E-state index contributed by atoms with van der Waals surface area (Å²) in [4.78, 5) is 0. The number of phenolic OH excluding ortho intramolecular Hbond substituents is 2. The summed E-state index contributed by atoms with van der Waals surface area (Å²) in [6.45, 7) is 17.2. The first-order chi connectivity index (χ1) is 8.74. The van der Waals surface area contributed by atoms with E-state index in [2.05, 4.69) is 55.4 Å². The predicted molar refractivity (Wildman–Crippen MR) is 85.6 cm³/mol. The van der Waals surface area contributed by atoms with Gasteiger partial charge >= 0.3 is 0 Å². The maximum absolute atomic E-state index is 10.3. The molecule has 0 spiro atoms. The van der Waals surface area contributed by atoms with E-state index in [1.54, 1.807) is 6.07 Å². The average Bonchev–Trinajstić information content (AvgIpc) is 2.16. The van der Waals surface area contributed by atoms with Crippen molar-refractivity contribution >= 4 is 0 Å². The Bertz CT molecular complexity index is 485. The number of aromatic hydroxyl groups is 2. The van der Waals surface area contributed by atoms with Crippen molar-refractivity contribution in [3.8, 4) is 11.5 Å². The maximum Gasteiger partial charge on any atom is 0.161 e. The van der Waals surface area contributed by atoms with E-state index < -0.39 is 0 Å². The third-order valence-corrected chi connectivity index (χ3v) is 3.66. The van der Waals surface area contributed by atoms with Gasteiger partial charge in [0.25, 0.3) is 0 Å². The van der Waals surface area contributed by atoms with E-state index in [0.29, 0.717) is 0 Å². The quantitative estimate of drug-likeness (QED) is 0.738. The molecule has 1 aromatic carbocycles. The highest BCUT2D eigenvalue weighted by atomic mass is 16.3. The van der Waals surface area contributed by atoms with Crippen molar-refractivity contribution in [1.29, 1.82) is 0 Å². The second-order valence-corrected chi connectivity index (χ2v) is 8.76. The summed E-state index contributed by atoms with van der Waals surface area (Å²) in [7, 11) is 0. The molecule has 0 radical (unpaired) electrons. The van der Waals surface area contributed by atoms with Crippen LogP contribution < -0.4 is 0 Å². The molecule has 20 heavy (non-hydrogen) atoms. The summed E-state index contributed by atoms with van der Waals surface area (Å²) in [5.41, 5.74) is 1.78. The minimum absolute atomic E-state index is 0.0191. The molecule has 1 rings (SSSR count). The minimum atomic E-state index is -0.193. The maximum atomic E-state index is 10.3. The van der Waals surface area contributed by atoms with E-state index in [1.165, 1.54) is 0 Å². The summed E-state index contributed by atoms with van der Waals surface area (Å²) in [5, 5.41) is 20.3. The number of benzene rings is 1. The van der Waals surface area contributed by atoms with Crippen LogP contribution >= 0.6 is 0 Å². The van der Waals surface area contributed by atoms with Gasteiger partial charge < -0.3 is 10.2 Å². The zero-order valence-corrected chi connectivity index (χ0v) is 14.3. The highest BCUT2D eigenvalue weighted by Gasteiger charge is 2.32. The molecule has 0 bridgehead atoms. The first-order valence-electron chi connectivity index (χ1n) is 7.31. The van der Waals surface area contributed by atoms with Gasteiger partial charge in [0.05, 0.1) is 0 Å². The lowest BCUT2D eigenvalue weighted by Gasteiger charge is -2.34. The van der Waals surface area contributed by atoms with Crippen molar-refractivity contribution in [3.63, 3.8) is 0 Å². The van der Waals surface area contributed by atoms with Crippen LogP contribution in [0, 0.1) is 5.41 Å². The average molecular weight is 278 g/mol. The van der Waals surface area contributed by atoms with Gasteiger partial charge in [0.15, 0.2) is 11.5 Å². The predicted octanol–water partition coefficient (Wildman–Crippen LogP) is 5.11. The van der Waals surface area contributed by atoms with Crippen LogP contribution in [0.15, 0.2) is 12.1 Å². The molecule has 2 heteroatoms. The van der Waals surface area contributed by atoms with Crippen molar-refractivity contribution in [2.45, 2.75) is 72.6 Å². The van der Waals surface area contributed by atoms with Crippen molar-refractivity contribution in [2.24, 2.45) is 5.41 Å². The standard InChI is InChI=1S/C18H30O2/c1-16(2,3)11-18(7,8)13-9-12(17(4,5)6)10-14(19)15(13)20/h9-10,19-20H,11H2,1-8H3. The second-order valence-electron chi connectivity index (χ2n) is 8.76. The van der Waals surface area contributed by atoms with Gasteiger partial charge in [0, 0.05) is 5.56 Å². The van der Waals surface area contributed by atoms with E-state index >= 15 is 0 Å². The van der Waals surface area contributed by atoms with E-state index in [-0.39, 0.29) is 27.7 Å². The molecule has 114 valence electrons. The molecule has 2 N–H and O–H groups in total. The molecule has 0 heterocycles. The van der Waals surface area contributed by atoms with Crippen LogP contribution in [-0.4, -0.2) is 10.2 Å². The van der Waals surface area contributed by atoms with Crippen molar-refractivity contribution in [3.05, 3.63) is 23.3 Å². The Morgan fingerprint density at radius 3 is 1.75 bits per heavy atom. The summed E-state index contributed by atoms with van der Waals surface area (Å²) in [6, 6.07) is 3.72. The van der Waals surface area contributed by atoms with E-state index in [1.807, 2.05) is 6.07 Å². The number of hydrogen-bond donors (Lipinski definition) is 2. The Morgan fingerprint density at radius 2 is 1.35 bits per heavy atom. The van der Waals surface area contributed by atoms with Gasteiger partial charge in [-0.05, 0) is 34.3 Å². The van der Waals surface area contributed by atoms with Crippen LogP contribution in [0.4, 0.5) is 0 Å². The number of phenols is 2. The van der Waals surface area contributed by atoms with Crippen molar-refractivity contribution in [1.82, 2.24) is 0 Å². The Hall–Kier alpha value is -1.18. The molecule has 2 nitrogen and oxygen atoms in total. The fourth-order valence-corrected chi connectivity index (χ4v) is 2.99. The molecule has 0 saturated heterocycles. The number of rotatable bonds is 2. The Balaban J connectivity index is 3.40. The van der Waals surface area contributed by atoms with Gasteiger partial charge in [-0.1, -0.05) is 61.5 Å². The normalized spacial score (nSPS) is 13.6. The largest absolute Gasteiger partial charge is 0.504 e. The lowest BCUT2D eigenvalue weighted by molar-refractivity contribution is 0.276. The zero-order valence-electron chi connectivity index (χ0n) is 14.3. The van der Waals surface area contributed by atoms with Gasteiger partial charge in [-0.15, -0.1) is 0 Å². The smallest absolute Gasteiger partial charge is 0.161 e. The monoisotopic (exact) mass is 278 g/mol. The van der Waals surface area contributed by atoms with E-state index in [9.17, 15) is 10.2 Å². The van der Waals surface area contributed by atoms with Crippen LogP contribution in [0.2, 0.25) is 0 Å². The molecular weight excluding hydrogens is 248 g/mol. The van der Waals surface area contributed by atoms with E-state index in [4.69, 9.17) is 0 Å². The molecule has 0 aliphatic heterocycles. The molecule has 0 atom stereocenters. The summed E-state index contributed by atoms with van der Waals surface area (Å²) in [5.74, 6) is 0.00154. The molecule has 0 aliphatic rings. The molecular formula is C18H30O2. The summed E-state index contributed by atoms with van der Waals surface area (Å²) in [6.07, 6.45) is 0.931. The first kappa shape index (κ1) is 16.9. The Labute approximate surface area is 123 Å². The van der Waals surface area contributed by atoms with Gasteiger partial charge in [0.1, 0.15) is 0 Å². The van der Waals surface area contributed by atoms with Gasteiger partial charge in [0.2, 0.25) is 0 Å². The molecule has 1 aromatic rings. The van der Waals surface area contributed by atoms with Crippen LogP contribution in [0.25, 0.3) is 0 Å². The van der Waals surface area contributed by atoms with E-state index in [0.717, 1.165) is 17.5 Å². The summed E-state index contributed by atoms with van der Waals surface area (Å²) < 4.78 is 0. The Morgan fingerprint density at radius 1 is 0.850 bits per heavy atom. The van der Waals surface area contributed by atoms with Gasteiger partial charge in [-0.25, -0.2) is 0 Å². The third-order valence-electron chi connectivity index (χ3n) is 3.66. The molecule has 0 aromatic heterocycles. The minimum Gasteiger partial charge on any atom is -0.504 e. The highest BCUT2D eigenvalue weighted by Crippen LogP contribution is 2.45. The summed E-state index contributed by atoms with van der Waals surface area (Å²) >= 11 is 0. The molecule has 0 saturated carbocycles. The van der Waals surface area contributed by atoms with Crippen LogP contribution in [-0.2, 0) is 10.8 Å². The molecule has 0 aliphatic carbocycles. The fraction of sp³-hybridized carbons (Fsp3) is 0.667. The van der Waals surface area contributed by atoms with Crippen LogP contribution in [0.3, 0.4) is 0 Å². The number of hydrogen-bond acceptors (Lipinski definition) is 2. The SMILES string of the molecule is CC(C)(C)CC(C)(C)c1cc(C(C)(C)C)cc(O)c1O. The lowest BCUT2D eigenvalue weighted by Crippen LogP contribution is -2.25. The molecule has 0 amide bonds. The first-order valence-corrected chi connectivity index (χ1v) is 7.31. The van der Waals surface area contributed by atoms with Crippen LogP contribution in [0.1, 0.15) is 72.9 Å². The molecule has 0 unspecified atom stereocenters. The van der Waals surface area contributed by atoms with Crippen LogP contribution in [0.5, 0.6) is 11.5 Å². The highest BCUT2D eigenvalue weighted by molar-refractivity contribution is 5.52. The second kappa shape index (κ2) is 4.98. The topological polar surface area (TPSA) is 40.5 Å². The van der Waals surface area contributed by atoms with Crippen molar-refractivity contribution in [2.75, 3.05) is 0 Å². The fourth-order valence-electron chi connectivity index (χ4n) is 2.99. The lowest BCUT2D eigenvalue weighted by atomic mass is 9.71.